The smallest absolute Gasteiger partial charge is 0.252 e. The zero-order valence-corrected chi connectivity index (χ0v) is 20.4. The highest BCUT2D eigenvalue weighted by Crippen LogP contribution is 2.31. The molecule has 0 aromatic heterocycles. The van der Waals surface area contributed by atoms with Crippen molar-refractivity contribution in [2.24, 2.45) is 0 Å². The van der Waals surface area contributed by atoms with Crippen LogP contribution in [-0.4, -0.2) is 18.1 Å². The van der Waals surface area contributed by atoms with Crippen LogP contribution in [0.5, 0.6) is 17.2 Å². The van der Waals surface area contributed by atoms with Crippen molar-refractivity contribution in [1.29, 1.82) is 5.26 Å². The number of nitrogens with one attached hydrogen (secondary N) is 1. The third kappa shape index (κ3) is 8.70. The second-order valence-electron chi connectivity index (χ2n) is 6.91. The first-order chi connectivity index (χ1) is 16.0. The van der Waals surface area contributed by atoms with Gasteiger partial charge in [0, 0.05) is 5.56 Å². The fourth-order valence-corrected chi connectivity index (χ4v) is 2.62. The van der Waals surface area contributed by atoms with Crippen LogP contribution in [0.2, 0.25) is 0 Å². The molecule has 0 fully saturated rings. The van der Waals surface area contributed by atoms with Gasteiger partial charge in [-0.1, -0.05) is 75.7 Å². The van der Waals surface area contributed by atoms with E-state index in [-0.39, 0.29) is 12.5 Å². The molecule has 1 N–H and O–H groups in total. The first kappa shape index (κ1) is 27.3. The highest BCUT2D eigenvalue weighted by Gasteiger charge is 2.28. The van der Waals surface area contributed by atoms with Gasteiger partial charge in [0.05, 0.1) is 6.07 Å². The van der Waals surface area contributed by atoms with Crippen LogP contribution in [-0.2, 0) is 0 Å². The molecule has 33 heavy (non-hydrogen) atoms. The Hall–Kier alpha value is -3.78. The van der Waals surface area contributed by atoms with Gasteiger partial charge in [0.15, 0.2) is 17.0 Å². The van der Waals surface area contributed by atoms with Crippen molar-refractivity contribution in [2.75, 3.05) is 6.61 Å². The molecule has 0 saturated heterocycles. The molecule has 5 heteroatoms. The normalized spacial score (nSPS) is 11.2. The van der Waals surface area contributed by atoms with Gasteiger partial charge in [-0.3, -0.25) is 4.79 Å². The summed E-state index contributed by atoms with van der Waals surface area (Å²) >= 11 is 0. The number of amides is 1. The topological polar surface area (TPSA) is 71.4 Å². The molecule has 1 atom stereocenters. The van der Waals surface area contributed by atoms with E-state index in [4.69, 9.17) is 9.47 Å². The molecule has 0 radical (unpaired) electrons. The minimum absolute atomic E-state index is 0.0315. The first-order valence-electron chi connectivity index (χ1n) is 11.2. The Morgan fingerprint density at radius 1 is 0.879 bits per heavy atom. The third-order valence-corrected chi connectivity index (χ3v) is 4.29. The summed E-state index contributed by atoms with van der Waals surface area (Å²) in [6.07, 6.45) is 0. The largest absolute Gasteiger partial charge is 0.486 e. The molecule has 3 aromatic rings. The lowest BCUT2D eigenvalue weighted by molar-refractivity contribution is 0.0900. The molecular weight excluding hydrogens is 412 g/mol. The molecule has 0 aliphatic carbocycles. The summed E-state index contributed by atoms with van der Waals surface area (Å²) in [5.41, 5.74) is 0.342. The van der Waals surface area contributed by atoms with Crippen LogP contribution in [0.4, 0.5) is 0 Å². The predicted octanol–water partition coefficient (Wildman–Crippen LogP) is 6.93. The van der Waals surface area contributed by atoms with E-state index < -0.39 is 5.54 Å². The van der Waals surface area contributed by atoms with Gasteiger partial charge >= 0.3 is 0 Å². The third-order valence-electron chi connectivity index (χ3n) is 4.29. The minimum atomic E-state index is -1.21. The Bertz CT molecular complexity index is 1010. The average molecular weight is 447 g/mol. The summed E-state index contributed by atoms with van der Waals surface area (Å²) in [6, 6.07) is 25.9. The van der Waals surface area contributed by atoms with Gasteiger partial charge in [0.1, 0.15) is 12.4 Å². The second-order valence-corrected chi connectivity index (χ2v) is 6.91. The van der Waals surface area contributed by atoms with Crippen molar-refractivity contribution < 1.29 is 14.3 Å². The molecule has 3 aromatic carbocycles. The van der Waals surface area contributed by atoms with E-state index in [0.717, 1.165) is 5.56 Å². The maximum Gasteiger partial charge on any atom is 0.252 e. The first-order valence-corrected chi connectivity index (χ1v) is 11.2. The maximum absolute atomic E-state index is 12.5. The number of benzene rings is 3. The van der Waals surface area contributed by atoms with Crippen molar-refractivity contribution in [1.82, 2.24) is 5.32 Å². The monoisotopic (exact) mass is 446 g/mol. The number of nitriles is 1. The summed E-state index contributed by atoms with van der Waals surface area (Å²) in [5, 5.41) is 12.4. The predicted molar refractivity (Wildman–Crippen MR) is 134 cm³/mol. The quantitative estimate of drug-likeness (QED) is 0.427. The van der Waals surface area contributed by atoms with Crippen molar-refractivity contribution in [3.63, 3.8) is 0 Å². The molecular formula is C28H34N2O3. The molecule has 0 bridgehead atoms. The van der Waals surface area contributed by atoms with Crippen LogP contribution in [0.25, 0.3) is 0 Å². The molecule has 1 amide bonds. The minimum Gasteiger partial charge on any atom is -0.486 e. The molecule has 1 unspecified atom stereocenters. The zero-order valence-electron chi connectivity index (χ0n) is 20.4. The van der Waals surface area contributed by atoms with Crippen LogP contribution in [0.1, 0.15) is 50.5 Å². The van der Waals surface area contributed by atoms with Crippen molar-refractivity contribution in [2.45, 2.75) is 47.1 Å². The van der Waals surface area contributed by atoms with Crippen molar-refractivity contribution in [3.8, 4) is 23.3 Å². The van der Waals surface area contributed by atoms with E-state index in [2.05, 4.69) is 11.4 Å². The van der Waals surface area contributed by atoms with Gasteiger partial charge < -0.3 is 14.8 Å². The number of hydrogen-bond donors (Lipinski definition) is 1. The van der Waals surface area contributed by atoms with Crippen LogP contribution in [0.15, 0.2) is 78.9 Å². The lowest BCUT2D eigenvalue weighted by Gasteiger charge is -2.24. The van der Waals surface area contributed by atoms with Crippen LogP contribution < -0.4 is 14.8 Å². The molecule has 174 valence electrons. The molecule has 3 rings (SSSR count). The maximum atomic E-state index is 12.5. The lowest BCUT2D eigenvalue weighted by Crippen LogP contribution is -2.49. The Kier molecular flexibility index (Phi) is 11.8. The van der Waals surface area contributed by atoms with Gasteiger partial charge in [-0.2, -0.15) is 5.26 Å². The fraction of sp³-hybridized carbons (Fsp3) is 0.286. The number of aryl methyl sites for hydroxylation is 1. The highest BCUT2D eigenvalue weighted by molar-refractivity contribution is 5.95. The number of rotatable bonds is 7. The molecule has 0 spiro atoms. The van der Waals surface area contributed by atoms with E-state index in [1.807, 2.05) is 89.2 Å². The fourth-order valence-electron chi connectivity index (χ4n) is 2.62. The standard InChI is InChI=1S/C24H22N2O3.2C2H6/c1-18-12-14-19(15-13-18)23(27)26-24(2,16-25)17-28-21-10-6-7-11-22(21)29-20-8-4-3-5-9-20;2*1-2/h3-15H,17H2,1-2H3,(H,26,27);2*1-2H3. The summed E-state index contributed by atoms with van der Waals surface area (Å²) in [7, 11) is 0. The molecule has 0 heterocycles. The Morgan fingerprint density at radius 3 is 2.00 bits per heavy atom. The number of para-hydroxylation sites is 3. The number of nitrogens with zero attached hydrogens (tertiary/aromatic N) is 1. The molecule has 0 aliphatic rings. The van der Waals surface area contributed by atoms with Crippen molar-refractivity contribution in [3.05, 3.63) is 90.0 Å². The highest BCUT2D eigenvalue weighted by atomic mass is 16.5. The van der Waals surface area contributed by atoms with Crippen LogP contribution >= 0.6 is 0 Å². The molecule has 0 saturated carbocycles. The van der Waals surface area contributed by atoms with Crippen LogP contribution in [0, 0.1) is 18.3 Å². The average Bonchev–Trinajstić information content (AvgIpc) is 2.87. The molecule has 5 nitrogen and oxygen atoms in total. The number of hydrogen-bond acceptors (Lipinski definition) is 4. The SMILES string of the molecule is CC.CC.Cc1ccc(C(=O)NC(C)(C#N)COc2ccccc2Oc2ccccc2)cc1. The van der Waals surface area contributed by atoms with Gasteiger partial charge in [0.25, 0.3) is 5.91 Å². The Balaban J connectivity index is 0.00000129. The van der Waals surface area contributed by atoms with Crippen molar-refractivity contribution >= 4 is 5.91 Å². The lowest BCUT2D eigenvalue weighted by atomic mass is 10.0. The summed E-state index contributed by atoms with van der Waals surface area (Å²) in [6.45, 7) is 11.5. The number of ether oxygens (including phenoxy) is 2. The zero-order chi connectivity index (χ0) is 24.7. The van der Waals surface area contributed by atoms with E-state index in [1.165, 1.54) is 0 Å². The Morgan fingerprint density at radius 2 is 1.42 bits per heavy atom. The van der Waals surface area contributed by atoms with Gasteiger partial charge in [-0.05, 0) is 50.2 Å². The van der Waals surface area contributed by atoms with Crippen LogP contribution in [0.3, 0.4) is 0 Å². The van der Waals surface area contributed by atoms with Gasteiger partial charge in [-0.15, -0.1) is 0 Å². The van der Waals surface area contributed by atoms with Gasteiger partial charge in [0.2, 0.25) is 0 Å². The number of carbonyl (C=O) groups is 1. The summed E-state index contributed by atoms with van der Waals surface area (Å²) in [4.78, 5) is 12.5. The van der Waals surface area contributed by atoms with Gasteiger partial charge in [-0.25, -0.2) is 0 Å². The number of carbonyl (C=O) groups excluding carboxylic acids is 1. The summed E-state index contributed by atoms with van der Waals surface area (Å²) < 4.78 is 11.7. The molecule has 0 aliphatic heterocycles. The van der Waals surface area contributed by atoms with E-state index in [0.29, 0.717) is 22.8 Å². The van der Waals surface area contributed by atoms with E-state index in [1.54, 1.807) is 31.2 Å². The van der Waals surface area contributed by atoms with E-state index in [9.17, 15) is 10.1 Å². The second kappa shape index (κ2) is 14.3. The summed E-state index contributed by atoms with van der Waals surface area (Å²) in [5.74, 6) is 1.37. The Labute approximate surface area is 198 Å². The van der Waals surface area contributed by atoms with E-state index >= 15 is 0 Å².